The molecule has 0 aromatic heterocycles. The molecule has 0 bridgehead atoms. The zero-order chi connectivity index (χ0) is 15.9. The van der Waals surface area contributed by atoms with Crippen molar-refractivity contribution in [2.24, 2.45) is 5.73 Å². The first-order valence-corrected chi connectivity index (χ1v) is 7.56. The molecule has 0 unspecified atom stereocenters. The van der Waals surface area contributed by atoms with Gasteiger partial charge in [0.25, 0.3) is 0 Å². The summed E-state index contributed by atoms with van der Waals surface area (Å²) in [7, 11) is 0. The number of carbonyl (C=O) groups excluding carboxylic acids is 2. The van der Waals surface area contributed by atoms with Gasteiger partial charge in [0.1, 0.15) is 0 Å². The van der Waals surface area contributed by atoms with Crippen LogP contribution < -0.4 is 11.1 Å². The quantitative estimate of drug-likeness (QED) is 0.846. The molecule has 1 fully saturated rings. The number of nitrogens with one attached hydrogen (secondary N) is 1. The maximum atomic E-state index is 11.8. The van der Waals surface area contributed by atoms with E-state index in [0.717, 1.165) is 12.8 Å². The molecule has 2 atom stereocenters. The Balaban J connectivity index is 1.83. The predicted molar refractivity (Wildman–Crippen MR) is 83.3 cm³/mol. The molecule has 1 aromatic rings. The van der Waals surface area contributed by atoms with Crippen LogP contribution >= 0.6 is 0 Å². The summed E-state index contributed by atoms with van der Waals surface area (Å²) in [4.78, 5) is 24.6. The van der Waals surface area contributed by atoms with Crippen LogP contribution in [0.5, 0.6) is 0 Å². The number of carbonyl (C=O) groups is 2. The Morgan fingerprint density at radius 2 is 2.14 bits per heavy atom. The van der Waals surface area contributed by atoms with Crippen molar-refractivity contribution in [3.63, 3.8) is 0 Å². The van der Waals surface area contributed by atoms with Crippen molar-refractivity contribution >= 4 is 11.9 Å². The second kappa shape index (κ2) is 7.91. The van der Waals surface area contributed by atoms with Crippen molar-refractivity contribution < 1.29 is 14.3 Å². The molecule has 2 rings (SSSR count). The molecule has 1 aromatic carbocycles. The van der Waals surface area contributed by atoms with E-state index >= 15 is 0 Å². The van der Waals surface area contributed by atoms with Crippen molar-refractivity contribution in [1.29, 1.82) is 0 Å². The molecule has 0 spiro atoms. The van der Waals surface area contributed by atoms with Gasteiger partial charge in [0.05, 0.1) is 18.8 Å². The lowest BCUT2D eigenvalue weighted by Crippen LogP contribution is -2.53. The lowest BCUT2D eigenvalue weighted by atomic mass is 10.1. The number of imide groups is 1. The number of primary amides is 1. The van der Waals surface area contributed by atoms with Gasteiger partial charge in [-0.2, -0.15) is 0 Å². The number of nitrogens with zero attached hydrogens (tertiary/aromatic N) is 1. The number of nitrogens with two attached hydrogens (primary N) is 1. The Hall–Kier alpha value is -1.92. The van der Waals surface area contributed by atoms with Crippen molar-refractivity contribution in [1.82, 2.24) is 10.2 Å². The average Bonchev–Trinajstić information content (AvgIpc) is 2.53. The van der Waals surface area contributed by atoms with Gasteiger partial charge in [-0.3, -0.25) is 15.0 Å². The number of hydrogen-bond donors (Lipinski definition) is 2. The minimum absolute atomic E-state index is 0.0952. The van der Waals surface area contributed by atoms with Gasteiger partial charge in [-0.15, -0.1) is 0 Å². The number of aryl methyl sites for hydroxylation is 1. The number of ether oxygens (including phenoxy) is 1. The third kappa shape index (κ3) is 4.82. The SMILES string of the molecule is C[C@H](C(=O)NC(N)=O)N1CCO[C@H](CCc2ccccc2)C1. The van der Waals surface area contributed by atoms with Gasteiger partial charge in [0.15, 0.2) is 0 Å². The Labute approximate surface area is 130 Å². The number of benzene rings is 1. The van der Waals surface area contributed by atoms with Gasteiger partial charge in [0.2, 0.25) is 5.91 Å². The highest BCUT2D eigenvalue weighted by Crippen LogP contribution is 2.14. The van der Waals surface area contributed by atoms with Crippen molar-refractivity contribution in [3.05, 3.63) is 35.9 Å². The first kappa shape index (κ1) is 16.5. The van der Waals surface area contributed by atoms with Gasteiger partial charge < -0.3 is 10.5 Å². The first-order chi connectivity index (χ1) is 10.6. The number of amides is 3. The Morgan fingerprint density at radius 1 is 1.41 bits per heavy atom. The summed E-state index contributed by atoms with van der Waals surface area (Å²) in [6, 6.07) is 9.05. The van der Waals surface area contributed by atoms with Gasteiger partial charge in [0, 0.05) is 13.1 Å². The topological polar surface area (TPSA) is 84.7 Å². The van der Waals surface area contributed by atoms with Gasteiger partial charge in [-0.05, 0) is 25.3 Å². The Kier molecular flexibility index (Phi) is 5.91. The van der Waals surface area contributed by atoms with E-state index in [0.29, 0.717) is 19.7 Å². The molecule has 3 N–H and O–H groups in total. The summed E-state index contributed by atoms with van der Waals surface area (Å²) in [5, 5.41) is 2.13. The summed E-state index contributed by atoms with van der Waals surface area (Å²) in [6.07, 6.45) is 1.95. The zero-order valence-corrected chi connectivity index (χ0v) is 12.8. The smallest absolute Gasteiger partial charge is 0.318 e. The fourth-order valence-corrected chi connectivity index (χ4v) is 2.63. The monoisotopic (exact) mass is 305 g/mol. The van der Waals surface area contributed by atoms with E-state index in [4.69, 9.17) is 10.5 Å². The molecule has 1 heterocycles. The molecule has 0 saturated carbocycles. The van der Waals surface area contributed by atoms with Crippen molar-refractivity contribution in [2.75, 3.05) is 19.7 Å². The Bertz CT molecular complexity index is 507. The van der Waals surface area contributed by atoms with Gasteiger partial charge >= 0.3 is 6.03 Å². The fraction of sp³-hybridized carbons (Fsp3) is 0.500. The van der Waals surface area contributed by atoms with E-state index in [-0.39, 0.29) is 12.0 Å². The maximum absolute atomic E-state index is 11.8. The molecule has 22 heavy (non-hydrogen) atoms. The zero-order valence-electron chi connectivity index (χ0n) is 12.8. The number of morpholine rings is 1. The van der Waals surface area contributed by atoms with Gasteiger partial charge in [-0.25, -0.2) is 4.79 Å². The standard InChI is InChI=1S/C16H23N3O3/c1-12(15(20)18-16(17)21)19-9-10-22-14(11-19)8-7-13-5-3-2-4-6-13/h2-6,12,14H,7-11H2,1H3,(H3,17,18,20,21)/t12-,14-/m1/s1. The summed E-state index contributed by atoms with van der Waals surface area (Å²) in [6.45, 7) is 3.72. The second-order valence-corrected chi connectivity index (χ2v) is 5.54. The van der Waals surface area contributed by atoms with Crippen molar-refractivity contribution in [3.8, 4) is 0 Å². The van der Waals surface area contributed by atoms with E-state index in [2.05, 4.69) is 17.4 Å². The molecular formula is C16H23N3O3. The molecule has 3 amide bonds. The van der Waals surface area contributed by atoms with E-state index in [1.807, 2.05) is 23.1 Å². The van der Waals surface area contributed by atoms with E-state index in [9.17, 15) is 9.59 Å². The molecule has 6 heteroatoms. The van der Waals surface area contributed by atoms with Crippen LogP contribution in [0.4, 0.5) is 4.79 Å². The summed E-state index contributed by atoms with van der Waals surface area (Å²) < 4.78 is 5.78. The molecule has 0 aliphatic carbocycles. The lowest BCUT2D eigenvalue weighted by molar-refractivity contribution is -0.128. The molecular weight excluding hydrogens is 282 g/mol. The van der Waals surface area contributed by atoms with Crippen LogP contribution in [0.1, 0.15) is 18.9 Å². The Morgan fingerprint density at radius 3 is 2.82 bits per heavy atom. The number of hydrogen-bond acceptors (Lipinski definition) is 4. The van der Waals surface area contributed by atoms with Crippen LogP contribution in [-0.4, -0.2) is 48.7 Å². The largest absolute Gasteiger partial charge is 0.376 e. The lowest BCUT2D eigenvalue weighted by Gasteiger charge is -2.36. The minimum atomic E-state index is -0.814. The minimum Gasteiger partial charge on any atom is -0.376 e. The summed E-state index contributed by atoms with van der Waals surface area (Å²) >= 11 is 0. The molecule has 6 nitrogen and oxygen atoms in total. The number of rotatable bonds is 5. The molecule has 120 valence electrons. The predicted octanol–water partition coefficient (Wildman–Crippen LogP) is 0.903. The van der Waals surface area contributed by atoms with Crippen LogP contribution in [0.2, 0.25) is 0 Å². The second-order valence-electron chi connectivity index (χ2n) is 5.54. The molecule has 0 radical (unpaired) electrons. The van der Waals surface area contributed by atoms with Crippen LogP contribution in [0.15, 0.2) is 30.3 Å². The highest BCUT2D eigenvalue weighted by atomic mass is 16.5. The fourth-order valence-electron chi connectivity index (χ4n) is 2.63. The first-order valence-electron chi connectivity index (χ1n) is 7.56. The third-order valence-electron chi connectivity index (χ3n) is 3.94. The van der Waals surface area contributed by atoms with E-state index in [1.165, 1.54) is 5.56 Å². The highest BCUT2D eigenvalue weighted by Gasteiger charge is 2.28. The van der Waals surface area contributed by atoms with E-state index in [1.54, 1.807) is 6.92 Å². The van der Waals surface area contributed by atoms with E-state index < -0.39 is 12.1 Å². The van der Waals surface area contributed by atoms with Crippen LogP contribution in [-0.2, 0) is 16.0 Å². The highest BCUT2D eigenvalue weighted by molar-refractivity contribution is 5.96. The summed E-state index contributed by atoms with van der Waals surface area (Å²) in [5.41, 5.74) is 6.27. The summed E-state index contributed by atoms with van der Waals surface area (Å²) in [5.74, 6) is -0.365. The average molecular weight is 305 g/mol. The number of urea groups is 1. The molecule has 1 saturated heterocycles. The molecule has 1 aliphatic heterocycles. The van der Waals surface area contributed by atoms with Crippen molar-refractivity contribution in [2.45, 2.75) is 31.9 Å². The van der Waals surface area contributed by atoms with Gasteiger partial charge in [-0.1, -0.05) is 30.3 Å². The van der Waals surface area contributed by atoms with Crippen LogP contribution in [0.3, 0.4) is 0 Å². The maximum Gasteiger partial charge on any atom is 0.318 e. The van der Waals surface area contributed by atoms with Crippen LogP contribution in [0.25, 0.3) is 0 Å². The van der Waals surface area contributed by atoms with Crippen LogP contribution in [0, 0.1) is 0 Å². The normalized spacial score (nSPS) is 20.3. The molecule has 1 aliphatic rings. The third-order valence-corrected chi connectivity index (χ3v) is 3.94.